The van der Waals surface area contributed by atoms with Crippen LogP contribution in [0.3, 0.4) is 0 Å². The highest BCUT2D eigenvalue weighted by Crippen LogP contribution is 2.36. The summed E-state index contributed by atoms with van der Waals surface area (Å²) in [6, 6.07) is 21.3. The van der Waals surface area contributed by atoms with Gasteiger partial charge >= 0.3 is 6.18 Å². The smallest absolute Gasteiger partial charge is 0.325 e. The van der Waals surface area contributed by atoms with Gasteiger partial charge in [0.15, 0.2) is 0 Å². The van der Waals surface area contributed by atoms with E-state index in [0.717, 1.165) is 36.0 Å². The number of alkyl halides is 3. The first-order valence-corrected chi connectivity index (χ1v) is 14.4. The fourth-order valence-corrected chi connectivity index (χ4v) is 4.85. The molecule has 0 atom stereocenters. The molecule has 0 aliphatic rings. The second kappa shape index (κ2) is 14.4. The molecule has 4 aromatic rings. The van der Waals surface area contributed by atoms with Crippen LogP contribution in [0.2, 0.25) is 10.0 Å². The number of hydrogen-bond donors (Lipinski definition) is 3. The first kappa shape index (κ1) is 32.6. The number of benzene rings is 4. The fourth-order valence-electron chi connectivity index (χ4n) is 3.76. The molecule has 0 bridgehead atoms. The molecular formula is C31H21Cl2F4N3O3S. The Kier molecular flexibility index (Phi) is 10.7. The van der Waals surface area contributed by atoms with Gasteiger partial charge in [0.1, 0.15) is 11.5 Å². The van der Waals surface area contributed by atoms with Gasteiger partial charge in [0.2, 0.25) is 5.91 Å². The van der Waals surface area contributed by atoms with E-state index < -0.39 is 41.0 Å². The Hall–Kier alpha value is -4.32. The zero-order valence-corrected chi connectivity index (χ0v) is 24.7. The number of carbonyl (C=O) groups is 3. The van der Waals surface area contributed by atoms with Crippen LogP contribution in [0, 0.1) is 5.82 Å². The molecule has 0 aliphatic heterocycles. The third kappa shape index (κ3) is 8.85. The first-order chi connectivity index (χ1) is 20.9. The minimum absolute atomic E-state index is 0.0281. The molecule has 3 N–H and O–H groups in total. The van der Waals surface area contributed by atoms with E-state index in [1.807, 2.05) is 0 Å². The number of nitrogens with one attached hydrogen (secondary N) is 3. The molecular weight excluding hydrogens is 641 g/mol. The van der Waals surface area contributed by atoms with Gasteiger partial charge < -0.3 is 16.0 Å². The highest BCUT2D eigenvalue weighted by atomic mass is 35.5. The second-order valence-electron chi connectivity index (χ2n) is 9.02. The summed E-state index contributed by atoms with van der Waals surface area (Å²) in [6.45, 7) is 0. The third-order valence-electron chi connectivity index (χ3n) is 5.86. The van der Waals surface area contributed by atoms with E-state index in [-0.39, 0.29) is 32.6 Å². The van der Waals surface area contributed by atoms with Gasteiger partial charge in [-0.2, -0.15) is 13.2 Å². The number of anilines is 2. The summed E-state index contributed by atoms with van der Waals surface area (Å²) in [7, 11) is 0. The second-order valence-corrected chi connectivity index (χ2v) is 10.9. The molecule has 3 amide bonds. The SMILES string of the molecule is O=C(CSc1ccc(NC(=O)/C(=C/c2c(F)cccc2Cl)NC(=O)c2ccccc2)cc1)Nc1ccc(Cl)cc1C(F)(F)F. The van der Waals surface area contributed by atoms with Crippen molar-refractivity contribution in [2.45, 2.75) is 11.1 Å². The van der Waals surface area contributed by atoms with Crippen LogP contribution in [0.25, 0.3) is 6.08 Å². The monoisotopic (exact) mass is 661 g/mol. The van der Waals surface area contributed by atoms with Crippen molar-refractivity contribution in [2.75, 3.05) is 16.4 Å². The van der Waals surface area contributed by atoms with E-state index in [0.29, 0.717) is 10.6 Å². The summed E-state index contributed by atoms with van der Waals surface area (Å²) in [4.78, 5) is 38.9. The molecule has 0 saturated heterocycles. The number of thioether (sulfide) groups is 1. The van der Waals surface area contributed by atoms with E-state index in [4.69, 9.17) is 23.2 Å². The minimum atomic E-state index is -4.71. The summed E-state index contributed by atoms with van der Waals surface area (Å²) in [5.41, 5.74) is -1.28. The molecule has 226 valence electrons. The average Bonchev–Trinajstić information content (AvgIpc) is 2.99. The first-order valence-electron chi connectivity index (χ1n) is 12.6. The zero-order chi connectivity index (χ0) is 31.9. The van der Waals surface area contributed by atoms with Crippen LogP contribution in [0.4, 0.5) is 28.9 Å². The lowest BCUT2D eigenvalue weighted by Crippen LogP contribution is -2.30. The molecule has 13 heteroatoms. The van der Waals surface area contributed by atoms with Crippen molar-refractivity contribution in [3.8, 4) is 0 Å². The highest BCUT2D eigenvalue weighted by molar-refractivity contribution is 8.00. The molecule has 0 radical (unpaired) electrons. The van der Waals surface area contributed by atoms with Crippen LogP contribution in [0.15, 0.2) is 102 Å². The average molecular weight is 662 g/mol. The Morgan fingerprint density at radius 2 is 1.55 bits per heavy atom. The van der Waals surface area contributed by atoms with Gasteiger partial charge in [-0.15, -0.1) is 11.8 Å². The Bertz CT molecular complexity index is 1700. The number of rotatable bonds is 9. The van der Waals surface area contributed by atoms with E-state index >= 15 is 0 Å². The molecule has 0 aliphatic carbocycles. The number of hydrogen-bond acceptors (Lipinski definition) is 4. The van der Waals surface area contributed by atoms with Crippen LogP contribution in [-0.2, 0) is 15.8 Å². The van der Waals surface area contributed by atoms with Crippen LogP contribution in [0.1, 0.15) is 21.5 Å². The predicted molar refractivity (Wildman–Crippen MR) is 164 cm³/mol. The molecule has 0 aromatic heterocycles. The van der Waals surface area contributed by atoms with Crippen molar-refractivity contribution in [3.63, 3.8) is 0 Å². The van der Waals surface area contributed by atoms with Crippen molar-refractivity contribution in [1.82, 2.24) is 5.32 Å². The van der Waals surface area contributed by atoms with Gasteiger partial charge in [-0.1, -0.05) is 47.5 Å². The van der Waals surface area contributed by atoms with Gasteiger partial charge in [0.25, 0.3) is 11.8 Å². The topological polar surface area (TPSA) is 87.3 Å². The standard InChI is InChI=1S/C31H21Cl2F4N3O3S/c32-19-9-14-26(23(15-19)31(35,36)37)39-28(41)17-44-21-12-10-20(11-13-21)38-30(43)27(16-22-24(33)7-4-8-25(22)34)40-29(42)18-5-2-1-3-6-18/h1-16H,17H2,(H,38,43)(H,39,41)(H,40,42)/b27-16-. The van der Waals surface area contributed by atoms with Gasteiger partial charge in [-0.3, -0.25) is 14.4 Å². The molecule has 6 nitrogen and oxygen atoms in total. The van der Waals surface area contributed by atoms with E-state index in [9.17, 15) is 31.9 Å². The Morgan fingerprint density at radius 1 is 0.841 bits per heavy atom. The molecule has 4 rings (SSSR count). The third-order valence-corrected chi connectivity index (χ3v) is 7.44. The molecule has 0 saturated carbocycles. The summed E-state index contributed by atoms with van der Waals surface area (Å²) in [5.74, 6) is -2.95. The number of halogens is 6. The van der Waals surface area contributed by atoms with Gasteiger partial charge in [0, 0.05) is 26.7 Å². The summed E-state index contributed by atoms with van der Waals surface area (Å²) < 4.78 is 54.4. The Labute approximate surface area is 263 Å². The number of amides is 3. The summed E-state index contributed by atoms with van der Waals surface area (Å²) >= 11 is 12.9. The summed E-state index contributed by atoms with van der Waals surface area (Å²) in [6.07, 6.45) is -3.58. The van der Waals surface area contributed by atoms with Crippen molar-refractivity contribution >= 4 is 70.1 Å². The van der Waals surface area contributed by atoms with Crippen LogP contribution < -0.4 is 16.0 Å². The lowest BCUT2D eigenvalue weighted by atomic mass is 10.1. The zero-order valence-electron chi connectivity index (χ0n) is 22.3. The molecule has 4 aromatic carbocycles. The molecule has 0 unspecified atom stereocenters. The maximum Gasteiger partial charge on any atom is 0.418 e. The quantitative estimate of drug-likeness (QED) is 0.0957. The Morgan fingerprint density at radius 3 is 2.20 bits per heavy atom. The van der Waals surface area contributed by atoms with E-state index in [1.165, 1.54) is 30.3 Å². The van der Waals surface area contributed by atoms with Crippen molar-refractivity contribution in [1.29, 1.82) is 0 Å². The molecule has 0 spiro atoms. The maximum atomic E-state index is 14.5. The molecule has 0 heterocycles. The van der Waals surface area contributed by atoms with Gasteiger partial charge in [-0.05, 0) is 72.8 Å². The number of carbonyl (C=O) groups excluding carboxylic acids is 3. The fraction of sp³-hybridized carbons (Fsp3) is 0.0645. The highest BCUT2D eigenvalue weighted by Gasteiger charge is 2.34. The maximum absolute atomic E-state index is 14.5. The van der Waals surface area contributed by atoms with Crippen LogP contribution >= 0.6 is 35.0 Å². The Balaban J connectivity index is 1.43. The largest absolute Gasteiger partial charge is 0.418 e. The lowest BCUT2D eigenvalue weighted by molar-refractivity contribution is -0.137. The molecule has 0 fully saturated rings. The van der Waals surface area contributed by atoms with Crippen molar-refractivity contribution in [2.24, 2.45) is 0 Å². The van der Waals surface area contributed by atoms with Crippen LogP contribution in [0.5, 0.6) is 0 Å². The van der Waals surface area contributed by atoms with Gasteiger partial charge in [0.05, 0.1) is 22.0 Å². The lowest BCUT2D eigenvalue weighted by Gasteiger charge is -2.14. The normalized spacial score (nSPS) is 11.5. The van der Waals surface area contributed by atoms with Crippen molar-refractivity contribution < 1.29 is 31.9 Å². The van der Waals surface area contributed by atoms with Crippen LogP contribution in [-0.4, -0.2) is 23.5 Å². The summed E-state index contributed by atoms with van der Waals surface area (Å²) in [5, 5.41) is 7.27. The van der Waals surface area contributed by atoms with E-state index in [2.05, 4.69) is 16.0 Å². The molecule has 44 heavy (non-hydrogen) atoms. The van der Waals surface area contributed by atoms with Crippen molar-refractivity contribution in [3.05, 3.63) is 129 Å². The van der Waals surface area contributed by atoms with Gasteiger partial charge in [-0.25, -0.2) is 4.39 Å². The predicted octanol–water partition coefficient (Wildman–Crippen LogP) is 8.29. The minimum Gasteiger partial charge on any atom is -0.325 e. The van der Waals surface area contributed by atoms with E-state index in [1.54, 1.807) is 42.5 Å².